The van der Waals surface area contributed by atoms with Gasteiger partial charge in [-0.2, -0.15) is 0 Å². The van der Waals surface area contributed by atoms with E-state index in [1.807, 2.05) is 24.3 Å². The second kappa shape index (κ2) is 5.16. The third-order valence-corrected chi connectivity index (χ3v) is 2.97. The van der Waals surface area contributed by atoms with Gasteiger partial charge in [-0.15, -0.1) is 0 Å². The first kappa shape index (κ1) is 11.2. The lowest BCUT2D eigenvalue weighted by atomic mass is 10.3. The number of rotatable bonds is 4. The van der Waals surface area contributed by atoms with Crippen molar-refractivity contribution in [1.29, 1.82) is 0 Å². The van der Waals surface area contributed by atoms with E-state index in [0.717, 1.165) is 29.1 Å². The standard InChI is InChI=1S/C12H13BrN2O/c1-2-15(9-10-5-4-8-16-10)12-11(13)6-3-7-14-12/h3-8H,2,9H2,1H3. The van der Waals surface area contributed by atoms with Crippen molar-refractivity contribution in [2.24, 2.45) is 0 Å². The van der Waals surface area contributed by atoms with Gasteiger partial charge in [-0.25, -0.2) is 4.98 Å². The predicted octanol–water partition coefficient (Wildman–Crippen LogP) is 3.46. The lowest BCUT2D eigenvalue weighted by Crippen LogP contribution is -2.23. The van der Waals surface area contributed by atoms with Crippen LogP contribution in [-0.2, 0) is 6.54 Å². The number of pyridine rings is 1. The molecule has 2 rings (SSSR count). The Balaban J connectivity index is 2.20. The summed E-state index contributed by atoms with van der Waals surface area (Å²) in [4.78, 5) is 6.52. The molecule has 0 saturated carbocycles. The first-order chi connectivity index (χ1) is 7.81. The van der Waals surface area contributed by atoms with E-state index in [4.69, 9.17) is 4.42 Å². The fourth-order valence-electron chi connectivity index (χ4n) is 1.54. The minimum Gasteiger partial charge on any atom is -0.467 e. The lowest BCUT2D eigenvalue weighted by Gasteiger charge is -2.21. The summed E-state index contributed by atoms with van der Waals surface area (Å²) >= 11 is 3.51. The minimum atomic E-state index is 0.735. The number of furan rings is 1. The van der Waals surface area contributed by atoms with Crippen molar-refractivity contribution in [1.82, 2.24) is 4.98 Å². The zero-order valence-electron chi connectivity index (χ0n) is 9.06. The number of hydrogen-bond acceptors (Lipinski definition) is 3. The van der Waals surface area contributed by atoms with E-state index in [9.17, 15) is 0 Å². The van der Waals surface area contributed by atoms with Crippen molar-refractivity contribution in [3.63, 3.8) is 0 Å². The van der Waals surface area contributed by atoms with E-state index in [0.29, 0.717) is 0 Å². The molecule has 2 aromatic heterocycles. The van der Waals surface area contributed by atoms with E-state index < -0.39 is 0 Å². The molecule has 0 aliphatic carbocycles. The molecule has 84 valence electrons. The summed E-state index contributed by atoms with van der Waals surface area (Å²) in [5.74, 6) is 1.89. The van der Waals surface area contributed by atoms with Crippen LogP contribution in [0.4, 0.5) is 5.82 Å². The highest BCUT2D eigenvalue weighted by Crippen LogP contribution is 2.24. The molecule has 0 spiro atoms. The van der Waals surface area contributed by atoms with E-state index in [1.54, 1.807) is 12.5 Å². The van der Waals surface area contributed by atoms with Crippen molar-refractivity contribution in [3.05, 3.63) is 47.0 Å². The molecule has 0 amide bonds. The Morgan fingerprint density at radius 2 is 2.25 bits per heavy atom. The molecule has 0 aromatic carbocycles. The van der Waals surface area contributed by atoms with Crippen molar-refractivity contribution in [3.8, 4) is 0 Å². The summed E-state index contributed by atoms with van der Waals surface area (Å²) < 4.78 is 6.35. The molecule has 0 radical (unpaired) electrons. The third kappa shape index (κ3) is 2.44. The molecule has 0 saturated heterocycles. The lowest BCUT2D eigenvalue weighted by molar-refractivity contribution is 0.502. The van der Waals surface area contributed by atoms with Gasteiger partial charge in [-0.3, -0.25) is 0 Å². The van der Waals surface area contributed by atoms with Crippen LogP contribution >= 0.6 is 15.9 Å². The number of nitrogens with zero attached hydrogens (tertiary/aromatic N) is 2. The molecule has 2 aromatic rings. The normalized spacial score (nSPS) is 10.4. The van der Waals surface area contributed by atoms with Crippen LogP contribution in [0.5, 0.6) is 0 Å². The van der Waals surface area contributed by atoms with Crippen molar-refractivity contribution >= 4 is 21.7 Å². The van der Waals surface area contributed by atoms with Gasteiger partial charge in [0.2, 0.25) is 0 Å². The number of halogens is 1. The van der Waals surface area contributed by atoms with Crippen LogP contribution < -0.4 is 4.90 Å². The Labute approximate surface area is 103 Å². The Bertz CT molecular complexity index is 442. The molecule has 0 atom stereocenters. The minimum absolute atomic E-state index is 0.735. The summed E-state index contributed by atoms with van der Waals surface area (Å²) in [5.41, 5.74) is 0. The monoisotopic (exact) mass is 280 g/mol. The Morgan fingerprint density at radius 3 is 2.88 bits per heavy atom. The van der Waals surface area contributed by atoms with Crippen molar-refractivity contribution < 1.29 is 4.42 Å². The first-order valence-electron chi connectivity index (χ1n) is 5.19. The highest BCUT2D eigenvalue weighted by atomic mass is 79.9. The molecule has 0 N–H and O–H groups in total. The SMILES string of the molecule is CCN(Cc1ccco1)c1ncccc1Br. The van der Waals surface area contributed by atoms with Crippen LogP contribution in [-0.4, -0.2) is 11.5 Å². The van der Waals surface area contributed by atoms with E-state index in [1.165, 1.54) is 0 Å². The highest BCUT2D eigenvalue weighted by molar-refractivity contribution is 9.10. The Kier molecular flexibility index (Phi) is 3.62. The quantitative estimate of drug-likeness (QED) is 0.859. The van der Waals surface area contributed by atoms with Gasteiger partial charge in [-0.1, -0.05) is 0 Å². The summed E-state index contributed by atoms with van der Waals surface area (Å²) in [7, 11) is 0. The number of hydrogen-bond donors (Lipinski definition) is 0. The Morgan fingerprint density at radius 1 is 1.38 bits per heavy atom. The summed E-state index contributed by atoms with van der Waals surface area (Å²) in [6.07, 6.45) is 3.49. The fourth-order valence-corrected chi connectivity index (χ4v) is 2.04. The molecule has 2 heterocycles. The average Bonchev–Trinajstić information content (AvgIpc) is 2.80. The van der Waals surface area contributed by atoms with Crippen molar-refractivity contribution in [2.75, 3.05) is 11.4 Å². The molecule has 0 aliphatic rings. The van der Waals surface area contributed by atoms with Crippen LogP contribution in [0.1, 0.15) is 12.7 Å². The van der Waals surface area contributed by atoms with Gasteiger partial charge in [0.25, 0.3) is 0 Å². The van der Waals surface area contributed by atoms with Gasteiger partial charge in [0.15, 0.2) is 0 Å². The topological polar surface area (TPSA) is 29.3 Å². The van der Waals surface area contributed by atoms with Gasteiger partial charge in [0, 0.05) is 12.7 Å². The second-order valence-corrected chi connectivity index (χ2v) is 4.26. The fraction of sp³-hybridized carbons (Fsp3) is 0.250. The average molecular weight is 281 g/mol. The van der Waals surface area contributed by atoms with Crippen LogP contribution in [0.2, 0.25) is 0 Å². The zero-order chi connectivity index (χ0) is 11.4. The van der Waals surface area contributed by atoms with Gasteiger partial charge >= 0.3 is 0 Å². The largest absolute Gasteiger partial charge is 0.467 e. The molecule has 0 fully saturated rings. The Hall–Kier alpha value is -1.29. The van der Waals surface area contributed by atoms with E-state index in [2.05, 4.69) is 32.7 Å². The molecular formula is C12H13BrN2O. The maximum absolute atomic E-state index is 5.34. The molecular weight excluding hydrogens is 268 g/mol. The number of anilines is 1. The van der Waals surface area contributed by atoms with Crippen LogP contribution in [0.3, 0.4) is 0 Å². The van der Waals surface area contributed by atoms with E-state index in [-0.39, 0.29) is 0 Å². The van der Waals surface area contributed by atoms with Crippen LogP contribution in [0, 0.1) is 0 Å². The third-order valence-electron chi connectivity index (χ3n) is 2.35. The number of aromatic nitrogens is 1. The second-order valence-electron chi connectivity index (χ2n) is 3.40. The molecule has 0 unspecified atom stereocenters. The van der Waals surface area contributed by atoms with E-state index >= 15 is 0 Å². The predicted molar refractivity (Wildman–Crippen MR) is 67.4 cm³/mol. The smallest absolute Gasteiger partial charge is 0.143 e. The van der Waals surface area contributed by atoms with Crippen LogP contribution in [0.15, 0.2) is 45.6 Å². The molecule has 4 heteroatoms. The first-order valence-corrected chi connectivity index (χ1v) is 5.98. The van der Waals surface area contributed by atoms with Gasteiger partial charge in [-0.05, 0) is 47.1 Å². The summed E-state index contributed by atoms with van der Waals surface area (Å²) in [6, 6.07) is 7.78. The van der Waals surface area contributed by atoms with Crippen LogP contribution in [0.25, 0.3) is 0 Å². The highest BCUT2D eigenvalue weighted by Gasteiger charge is 2.10. The maximum Gasteiger partial charge on any atom is 0.143 e. The van der Waals surface area contributed by atoms with Crippen molar-refractivity contribution in [2.45, 2.75) is 13.5 Å². The van der Waals surface area contributed by atoms with Gasteiger partial charge in [0.1, 0.15) is 11.6 Å². The zero-order valence-corrected chi connectivity index (χ0v) is 10.6. The molecule has 0 bridgehead atoms. The van der Waals surface area contributed by atoms with Gasteiger partial charge < -0.3 is 9.32 Å². The maximum atomic E-state index is 5.34. The molecule has 16 heavy (non-hydrogen) atoms. The summed E-state index contributed by atoms with van der Waals surface area (Å²) in [5, 5.41) is 0. The molecule has 0 aliphatic heterocycles. The molecule has 3 nitrogen and oxygen atoms in total. The van der Waals surface area contributed by atoms with Gasteiger partial charge in [0.05, 0.1) is 17.3 Å². The summed E-state index contributed by atoms with van der Waals surface area (Å²) in [6.45, 7) is 3.72.